The summed E-state index contributed by atoms with van der Waals surface area (Å²) in [5.41, 5.74) is -0.841. The number of amides is 1. The van der Waals surface area contributed by atoms with Crippen LogP contribution in [0.5, 0.6) is 0 Å². The summed E-state index contributed by atoms with van der Waals surface area (Å²) in [6, 6.07) is 2.07. The van der Waals surface area contributed by atoms with Gasteiger partial charge in [-0.1, -0.05) is 0 Å². The normalized spacial score (nSPS) is 14.5. The molecule has 0 aliphatic carbocycles. The van der Waals surface area contributed by atoms with E-state index in [1.807, 2.05) is 0 Å². The van der Waals surface area contributed by atoms with Gasteiger partial charge in [0.15, 0.2) is 0 Å². The lowest BCUT2D eigenvalue weighted by Crippen LogP contribution is -2.46. The lowest BCUT2D eigenvalue weighted by molar-refractivity contribution is -0.385. The third-order valence-corrected chi connectivity index (χ3v) is 6.25. The minimum absolute atomic E-state index is 0.0385. The molecule has 0 bridgehead atoms. The number of carbonyl (C=O) groups is 1. The van der Waals surface area contributed by atoms with Gasteiger partial charge in [-0.25, -0.2) is 13.4 Å². The van der Waals surface area contributed by atoms with Crippen LogP contribution in [-0.4, -0.2) is 78.6 Å². The number of aromatic amines is 1. The number of carbonyl (C=O) groups excluding carboxylic acids is 1. The molecule has 2 heterocycles. The Balaban J connectivity index is 2.14. The Morgan fingerprint density at radius 1 is 1.33 bits per heavy atom. The molecular formula is C17H22N6O6S. The largest absolute Gasteiger partial charge is 0.396 e. The van der Waals surface area contributed by atoms with Crippen LogP contribution in [0.1, 0.15) is 16.8 Å². The number of aromatic nitrogens is 2. The maximum Gasteiger partial charge on any atom is 0.284 e. The number of hydrogen-bond acceptors (Lipinski definition) is 9. The minimum atomic E-state index is -4.19. The summed E-state index contributed by atoms with van der Waals surface area (Å²) in [7, 11) is -4.19. The van der Waals surface area contributed by atoms with Gasteiger partial charge in [-0.05, 0) is 12.5 Å². The molecule has 12 nitrogen and oxygen atoms in total. The van der Waals surface area contributed by atoms with Gasteiger partial charge >= 0.3 is 0 Å². The van der Waals surface area contributed by atoms with Crippen molar-refractivity contribution in [1.29, 1.82) is 0 Å². The van der Waals surface area contributed by atoms with E-state index in [2.05, 4.69) is 20.6 Å². The first-order valence-electron chi connectivity index (χ1n) is 9.28. The number of aliphatic hydroxyl groups is 1. The van der Waals surface area contributed by atoms with E-state index in [-0.39, 0.29) is 34.5 Å². The van der Waals surface area contributed by atoms with Crippen molar-refractivity contribution in [2.75, 3.05) is 44.6 Å². The molecule has 4 N–H and O–H groups in total. The van der Waals surface area contributed by atoms with Crippen molar-refractivity contribution in [3.8, 4) is 0 Å². The molecule has 3 rings (SSSR count). The second-order valence-corrected chi connectivity index (χ2v) is 8.40. The van der Waals surface area contributed by atoms with E-state index in [0.29, 0.717) is 32.6 Å². The molecule has 1 aromatic heterocycles. The predicted octanol–water partition coefficient (Wildman–Crippen LogP) is -0.00960. The Labute approximate surface area is 172 Å². The Kier molecular flexibility index (Phi) is 6.64. The minimum Gasteiger partial charge on any atom is -0.396 e. The van der Waals surface area contributed by atoms with Gasteiger partial charge in [-0.3, -0.25) is 14.9 Å². The smallest absolute Gasteiger partial charge is 0.284 e. The number of aliphatic hydroxyl groups excluding tert-OH is 1. The number of piperazine rings is 1. The summed E-state index contributed by atoms with van der Waals surface area (Å²) >= 11 is 0. The number of hydrogen-bond donors (Lipinski definition) is 4. The van der Waals surface area contributed by atoms with Crippen LogP contribution < -0.4 is 10.6 Å². The lowest BCUT2D eigenvalue weighted by Gasteiger charge is -2.27. The summed E-state index contributed by atoms with van der Waals surface area (Å²) in [4.78, 5) is 31.4. The molecule has 1 amide bonds. The van der Waals surface area contributed by atoms with Crippen LogP contribution >= 0.6 is 0 Å². The second-order valence-electron chi connectivity index (χ2n) is 6.57. The number of anilines is 1. The zero-order valence-electron chi connectivity index (χ0n) is 16.0. The first kappa shape index (κ1) is 21.7. The summed E-state index contributed by atoms with van der Waals surface area (Å²) in [5, 5.41) is 26.2. The number of nitro benzene ring substituents is 1. The first-order valence-corrected chi connectivity index (χ1v) is 10.8. The third kappa shape index (κ3) is 4.42. The molecule has 1 aliphatic heterocycles. The zero-order valence-corrected chi connectivity index (χ0v) is 16.8. The van der Waals surface area contributed by atoms with Gasteiger partial charge in [0.25, 0.3) is 11.6 Å². The third-order valence-electron chi connectivity index (χ3n) is 4.60. The number of imidazole rings is 1. The van der Waals surface area contributed by atoms with Crippen LogP contribution in [0.2, 0.25) is 0 Å². The molecule has 0 saturated carbocycles. The van der Waals surface area contributed by atoms with Crippen LogP contribution in [-0.2, 0) is 9.84 Å². The van der Waals surface area contributed by atoms with Crippen molar-refractivity contribution in [2.24, 2.45) is 0 Å². The van der Waals surface area contributed by atoms with Crippen LogP contribution in [0.25, 0.3) is 0 Å². The Bertz CT molecular complexity index is 1020. The fraction of sp³-hybridized carbons (Fsp3) is 0.412. The van der Waals surface area contributed by atoms with Crippen molar-refractivity contribution >= 4 is 27.1 Å². The van der Waals surface area contributed by atoms with Crippen molar-refractivity contribution in [1.82, 2.24) is 20.2 Å². The molecular weight excluding hydrogens is 416 g/mol. The fourth-order valence-corrected chi connectivity index (χ4v) is 4.42. The van der Waals surface area contributed by atoms with Gasteiger partial charge in [0.1, 0.15) is 5.56 Å². The van der Waals surface area contributed by atoms with E-state index < -0.39 is 26.4 Å². The van der Waals surface area contributed by atoms with Crippen molar-refractivity contribution < 1.29 is 23.2 Å². The van der Waals surface area contributed by atoms with E-state index in [1.54, 1.807) is 0 Å². The molecule has 0 radical (unpaired) electrons. The Hall–Kier alpha value is -3.03. The monoisotopic (exact) mass is 438 g/mol. The van der Waals surface area contributed by atoms with E-state index in [1.165, 1.54) is 17.3 Å². The highest BCUT2D eigenvalue weighted by Gasteiger charge is 2.32. The average molecular weight is 438 g/mol. The molecule has 13 heteroatoms. The highest BCUT2D eigenvalue weighted by Crippen LogP contribution is 2.34. The summed E-state index contributed by atoms with van der Waals surface area (Å²) in [5.74, 6) is -0.610. The number of nitro groups is 1. The lowest BCUT2D eigenvalue weighted by atomic mass is 10.1. The number of nitrogens with zero attached hydrogens (tertiary/aromatic N) is 3. The van der Waals surface area contributed by atoms with Gasteiger partial charge in [0.05, 0.1) is 15.5 Å². The number of H-pyrrole nitrogens is 1. The summed E-state index contributed by atoms with van der Waals surface area (Å²) < 4.78 is 26.2. The van der Waals surface area contributed by atoms with Crippen LogP contribution in [0.15, 0.2) is 34.6 Å². The average Bonchev–Trinajstić information content (AvgIpc) is 3.29. The van der Waals surface area contributed by atoms with Gasteiger partial charge in [-0.2, -0.15) is 0 Å². The Morgan fingerprint density at radius 2 is 2.07 bits per heavy atom. The quantitative estimate of drug-likeness (QED) is 0.251. The molecule has 0 atom stereocenters. The molecule has 30 heavy (non-hydrogen) atoms. The molecule has 0 spiro atoms. The van der Waals surface area contributed by atoms with Gasteiger partial charge < -0.3 is 25.6 Å². The van der Waals surface area contributed by atoms with Gasteiger partial charge in [0, 0.05) is 57.8 Å². The summed E-state index contributed by atoms with van der Waals surface area (Å²) in [6.45, 7) is 1.82. The molecule has 162 valence electrons. The van der Waals surface area contributed by atoms with E-state index in [9.17, 15) is 23.3 Å². The van der Waals surface area contributed by atoms with Crippen molar-refractivity contribution in [3.05, 3.63) is 40.2 Å². The molecule has 1 saturated heterocycles. The van der Waals surface area contributed by atoms with Crippen LogP contribution in [0.4, 0.5) is 11.4 Å². The first-order chi connectivity index (χ1) is 14.4. The topological polar surface area (TPSA) is 171 Å². The van der Waals surface area contributed by atoms with Crippen molar-refractivity contribution in [3.63, 3.8) is 0 Å². The molecule has 1 aliphatic rings. The maximum atomic E-state index is 13.1. The standard InChI is InChI=1S/C17H22N6O6S/c24-9-1-2-19-13-11-14(23(26)27)12(16(25)22-7-5-18-6-8-22)10-15(13)30(28,29)17-20-3-4-21-17/h3-4,10-11,18-19,24H,1-2,5-9H2,(H,20,21). The zero-order chi connectivity index (χ0) is 21.7. The number of rotatable bonds is 8. The summed E-state index contributed by atoms with van der Waals surface area (Å²) in [6.07, 6.45) is 2.91. The molecule has 2 aromatic rings. The molecule has 1 fully saturated rings. The highest BCUT2D eigenvalue weighted by molar-refractivity contribution is 7.91. The fourth-order valence-electron chi connectivity index (χ4n) is 3.09. The van der Waals surface area contributed by atoms with Crippen molar-refractivity contribution in [2.45, 2.75) is 16.5 Å². The second kappa shape index (κ2) is 9.19. The predicted molar refractivity (Wildman–Crippen MR) is 106 cm³/mol. The van der Waals surface area contributed by atoms with E-state index in [4.69, 9.17) is 5.11 Å². The number of nitrogens with one attached hydrogen (secondary N) is 3. The molecule has 0 unspecified atom stereocenters. The van der Waals surface area contributed by atoms with Crippen LogP contribution in [0, 0.1) is 10.1 Å². The number of sulfone groups is 1. The number of benzene rings is 1. The van der Waals surface area contributed by atoms with Gasteiger partial charge in [0.2, 0.25) is 15.0 Å². The van der Waals surface area contributed by atoms with Crippen LogP contribution in [0.3, 0.4) is 0 Å². The van der Waals surface area contributed by atoms with E-state index in [0.717, 1.165) is 12.1 Å². The highest BCUT2D eigenvalue weighted by atomic mass is 32.2. The van der Waals surface area contributed by atoms with Gasteiger partial charge in [-0.15, -0.1) is 0 Å². The molecule has 1 aromatic carbocycles. The SMILES string of the molecule is O=C(c1cc(S(=O)(=O)c2ncc[nH]2)c(NCCCO)cc1[N+](=O)[O-])N1CCNCC1. The van der Waals surface area contributed by atoms with E-state index >= 15 is 0 Å². The Morgan fingerprint density at radius 3 is 2.67 bits per heavy atom. The maximum absolute atomic E-state index is 13.1.